The highest BCUT2D eigenvalue weighted by Crippen LogP contribution is 2.22. The second kappa shape index (κ2) is 8.27. The van der Waals surface area contributed by atoms with Gasteiger partial charge in [0, 0.05) is 39.3 Å². The molecule has 2 aromatic rings. The molecule has 1 atom stereocenters. The van der Waals surface area contributed by atoms with Crippen LogP contribution in [0.1, 0.15) is 24.8 Å². The van der Waals surface area contributed by atoms with Crippen LogP contribution in [0.3, 0.4) is 0 Å². The van der Waals surface area contributed by atoms with Crippen molar-refractivity contribution in [2.75, 3.05) is 38.5 Å². The van der Waals surface area contributed by atoms with Crippen LogP contribution in [0.5, 0.6) is 0 Å². The molecule has 2 aliphatic heterocycles. The van der Waals surface area contributed by atoms with Gasteiger partial charge < -0.3 is 4.74 Å². The maximum Gasteiger partial charge on any atom is 0.216 e. The van der Waals surface area contributed by atoms with Gasteiger partial charge in [-0.3, -0.25) is 4.90 Å². The van der Waals surface area contributed by atoms with Crippen molar-refractivity contribution < 1.29 is 13.2 Å². The smallest absolute Gasteiger partial charge is 0.216 e. The maximum absolute atomic E-state index is 12.7. The monoisotopic (exact) mass is 388 g/mol. The van der Waals surface area contributed by atoms with E-state index in [2.05, 4.69) is 47.4 Å². The molecule has 0 aromatic heterocycles. The van der Waals surface area contributed by atoms with E-state index in [0.29, 0.717) is 19.7 Å². The van der Waals surface area contributed by atoms with Gasteiger partial charge in [-0.15, -0.1) is 0 Å². The predicted molar refractivity (Wildman–Crippen MR) is 108 cm³/mol. The Morgan fingerprint density at radius 1 is 0.963 bits per heavy atom. The molecule has 27 heavy (non-hydrogen) atoms. The van der Waals surface area contributed by atoms with Gasteiger partial charge in [-0.05, 0) is 35.6 Å². The molecule has 2 saturated heterocycles. The van der Waals surface area contributed by atoms with Crippen LogP contribution in [0, 0.1) is 0 Å². The molecular weight excluding hydrogens is 360 g/mol. The summed E-state index contributed by atoms with van der Waals surface area (Å²) in [5.74, 6) is 0.135. The fourth-order valence-electron chi connectivity index (χ4n) is 4.12. The Kier molecular flexibility index (Phi) is 5.78. The van der Waals surface area contributed by atoms with Gasteiger partial charge in [0.15, 0.2) is 0 Å². The first-order valence-corrected chi connectivity index (χ1v) is 11.5. The summed E-state index contributed by atoms with van der Waals surface area (Å²) in [4.78, 5) is 2.35. The van der Waals surface area contributed by atoms with Crippen LogP contribution in [0.4, 0.5) is 0 Å². The van der Waals surface area contributed by atoms with Gasteiger partial charge in [0.05, 0.1) is 11.9 Å². The number of hydrogen-bond donors (Lipinski definition) is 0. The second-order valence-corrected chi connectivity index (χ2v) is 9.59. The lowest BCUT2D eigenvalue weighted by Crippen LogP contribution is -2.50. The van der Waals surface area contributed by atoms with Crippen molar-refractivity contribution in [3.8, 4) is 0 Å². The summed E-state index contributed by atoms with van der Waals surface area (Å²) in [7, 11) is -3.23. The molecule has 146 valence electrons. The summed E-state index contributed by atoms with van der Waals surface area (Å²) in [6.45, 7) is 4.24. The summed E-state index contributed by atoms with van der Waals surface area (Å²) in [5, 5.41) is 2.54. The molecule has 5 nitrogen and oxygen atoms in total. The zero-order valence-electron chi connectivity index (χ0n) is 15.7. The Balaban J connectivity index is 1.35. The molecule has 2 heterocycles. The Labute approximate surface area is 162 Å². The third kappa shape index (κ3) is 4.51. The molecule has 0 bridgehead atoms. The van der Waals surface area contributed by atoms with Crippen LogP contribution in [0.25, 0.3) is 10.8 Å². The maximum atomic E-state index is 12.7. The largest absolute Gasteiger partial charge is 0.377 e. The van der Waals surface area contributed by atoms with Gasteiger partial charge in [-0.25, -0.2) is 8.42 Å². The van der Waals surface area contributed by atoms with E-state index in [-0.39, 0.29) is 11.9 Å². The zero-order chi connectivity index (χ0) is 18.7. The van der Waals surface area contributed by atoms with Crippen molar-refractivity contribution >= 4 is 20.8 Å². The molecule has 0 amide bonds. The van der Waals surface area contributed by atoms with Crippen LogP contribution < -0.4 is 0 Å². The molecule has 2 aromatic carbocycles. The molecule has 0 aliphatic carbocycles. The summed E-state index contributed by atoms with van der Waals surface area (Å²) in [5.41, 5.74) is 1.31. The summed E-state index contributed by atoms with van der Waals surface area (Å²) >= 11 is 0. The van der Waals surface area contributed by atoms with Crippen LogP contribution in [0.2, 0.25) is 0 Å². The van der Waals surface area contributed by atoms with E-state index >= 15 is 0 Å². The van der Waals surface area contributed by atoms with E-state index < -0.39 is 10.0 Å². The lowest BCUT2D eigenvalue weighted by atomic mass is 10.0. The predicted octanol–water partition coefficient (Wildman–Crippen LogP) is 2.86. The molecule has 2 aliphatic rings. The first kappa shape index (κ1) is 18.9. The Morgan fingerprint density at radius 3 is 2.52 bits per heavy atom. The van der Waals surface area contributed by atoms with Crippen molar-refractivity contribution in [3.05, 3.63) is 48.0 Å². The Morgan fingerprint density at radius 2 is 1.74 bits per heavy atom. The number of ether oxygens (including phenoxy) is 1. The van der Waals surface area contributed by atoms with E-state index in [9.17, 15) is 8.42 Å². The topological polar surface area (TPSA) is 49.9 Å². The number of sulfonamides is 1. The minimum Gasteiger partial charge on any atom is -0.377 e. The zero-order valence-corrected chi connectivity index (χ0v) is 16.5. The summed E-state index contributed by atoms with van der Waals surface area (Å²) < 4.78 is 32.7. The fraction of sp³-hybridized carbons (Fsp3) is 0.524. The first-order valence-electron chi connectivity index (χ1n) is 9.90. The molecule has 4 rings (SSSR count). The molecule has 6 heteroatoms. The van der Waals surface area contributed by atoms with Crippen molar-refractivity contribution in [1.29, 1.82) is 0 Å². The third-order valence-electron chi connectivity index (χ3n) is 5.67. The van der Waals surface area contributed by atoms with Crippen molar-refractivity contribution in [1.82, 2.24) is 9.21 Å². The van der Waals surface area contributed by atoms with Gasteiger partial charge in [0.25, 0.3) is 0 Å². The average Bonchev–Trinajstić information content (AvgIpc) is 2.69. The first-order chi connectivity index (χ1) is 13.1. The highest BCUT2D eigenvalue weighted by molar-refractivity contribution is 7.89. The molecule has 0 N–H and O–H groups in total. The van der Waals surface area contributed by atoms with E-state index in [0.717, 1.165) is 38.9 Å². The molecule has 0 spiro atoms. The summed E-state index contributed by atoms with van der Waals surface area (Å²) in [6.07, 6.45) is 2.85. The summed E-state index contributed by atoms with van der Waals surface area (Å²) in [6, 6.07) is 14.8. The number of rotatable bonds is 5. The van der Waals surface area contributed by atoms with Crippen molar-refractivity contribution in [2.45, 2.75) is 31.9 Å². The van der Waals surface area contributed by atoms with E-state index in [4.69, 9.17) is 4.74 Å². The average molecular weight is 389 g/mol. The van der Waals surface area contributed by atoms with Gasteiger partial charge in [0.1, 0.15) is 0 Å². The molecule has 1 unspecified atom stereocenters. The van der Waals surface area contributed by atoms with Gasteiger partial charge >= 0.3 is 0 Å². The molecule has 0 saturated carbocycles. The van der Waals surface area contributed by atoms with E-state index in [1.54, 1.807) is 4.31 Å². The second-order valence-electron chi connectivity index (χ2n) is 7.58. The Bertz CT molecular complexity index is 865. The highest BCUT2D eigenvalue weighted by Gasteiger charge is 2.30. The minimum atomic E-state index is -3.23. The number of fused-ring (bicyclic) bond motifs is 1. The fourth-order valence-corrected chi connectivity index (χ4v) is 5.78. The van der Waals surface area contributed by atoms with Crippen LogP contribution in [0.15, 0.2) is 42.5 Å². The van der Waals surface area contributed by atoms with Gasteiger partial charge in [-0.1, -0.05) is 42.5 Å². The van der Waals surface area contributed by atoms with Crippen LogP contribution in [-0.4, -0.2) is 62.3 Å². The van der Waals surface area contributed by atoms with Crippen LogP contribution in [-0.2, 0) is 21.3 Å². The van der Waals surface area contributed by atoms with Crippen LogP contribution >= 0.6 is 0 Å². The number of hydrogen-bond acceptors (Lipinski definition) is 4. The lowest BCUT2D eigenvalue weighted by molar-refractivity contribution is 0.0296. The Hall–Kier alpha value is -1.47. The minimum absolute atomic E-state index is 0.127. The SMILES string of the molecule is O=S(=O)(CC1CCCCO1)N1CCN(Cc2cccc3ccccc23)CC1. The van der Waals surface area contributed by atoms with Crippen molar-refractivity contribution in [3.63, 3.8) is 0 Å². The number of piperazine rings is 1. The molecule has 0 radical (unpaired) electrons. The van der Waals surface area contributed by atoms with Crippen molar-refractivity contribution in [2.24, 2.45) is 0 Å². The molecular formula is C21H28N2O3S. The normalized spacial score (nSPS) is 22.9. The van der Waals surface area contributed by atoms with Gasteiger partial charge in [0.2, 0.25) is 10.0 Å². The van der Waals surface area contributed by atoms with E-state index in [1.165, 1.54) is 16.3 Å². The standard InChI is InChI=1S/C21H28N2O3S/c24-27(25,17-20-9-3-4-15-26-20)23-13-11-22(12-14-23)16-19-8-5-7-18-6-1-2-10-21(18)19/h1-2,5-8,10,20H,3-4,9,11-17H2. The molecule has 2 fully saturated rings. The third-order valence-corrected chi connectivity index (χ3v) is 7.61. The number of benzene rings is 2. The lowest BCUT2D eigenvalue weighted by Gasteiger charge is -2.35. The van der Waals surface area contributed by atoms with E-state index in [1.807, 2.05) is 0 Å². The number of nitrogens with zero attached hydrogens (tertiary/aromatic N) is 2. The van der Waals surface area contributed by atoms with Gasteiger partial charge in [-0.2, -0.15) is 4.31 Å². The highest BCUT2D eigenvalue weighted by atomic mass is 32.2. The quantitative estimate of drug-likeness (QED) is 0.790.